The molecule has 0 saturated heterocycles. The highest BCUT2D eigenvalue weighted by Crippen LogP contribution is 2.32. The molecule has 0 bridgehead atoms. The standard InChI is InChI=1S/C38H58N10O6/c1-8-47-26-42-45-36(47)30-10-9-11-32(43-30)48-24-29-28(37(48)51)22-33(46(7)27(2)3)44-31(29)23-39-14-15-40-34(49)12-16-52-18-20-54-21-19-53-17-13-35(50)41-25-38(4,5)6/h9-11,22,26-27,39H,8,12-21,23-25H2,1-7H3,(H,40,49)(H,41,50). The third kappa shape index (κ3) is 12.8. The van der Waals surface area contributed by atoms with Gasteiger partial charge in [0.05, 0.1) is 57.4 Å². The van der Waals surface area contributed by atoms with E-state index in [1.807, 2.05) is 47.7 Å². The van der Waals surface area contributed by atoms with Gasteiger partial charge in [-0.25, -0.2) is 9.97 Å². The Balaban J connectivity index is 1.16. The van der Waals surface area contributed by atoms with Crippen molar-refractivity contribution in [3.8, 4) is 11.5 Å². The van der Waals surface area contributed by atoms with Gasteiger partial charge in [0.25, 0.3) is 5.91 Å². The van der Waals surface area contributed by atoms with Gasteiger partial charge < -0.3 is 39.6 Å². The lowest BCUT2D eigenvalue weighted by Gasteiger charge is -2.24. The normalized spacial score (nSPS) is 12.7. The zero-order chi connectivity index (χ0) is 39.1. The number of nitrogens with one attached hydrogen (secondary N) is 3. The molecule has 0 spiro atoms. The van der Waals surface area contributed by atoms with Gasteiger partial charge in [0.15, 0.2) is 5.82 Å². The number of pyridine rings is 2. The van der Waals surface area contributed by atoms with E-state index < -0.39 is 0 Å². The van der Waals surface area contributed by atoms with E-state index in [0.29, 0.717) is 107 Å². The SMILES string of the molecule is CCn1cnnc1-c1cccc(N2Cc3c(cc(N(C)C(C)C)nc3CNCCNC(=O)CCOCCOCCOCCC(=O)NCC(C)(C)C)C2=O)n1. The number of hydrogen-bond acceptors (Lipinski definition) is 12. The highest BCUT2D eigenvalue weighted by atomic mass is 16.5. The Morgan fingerprint density at radius 2 is 1.61 bits per heavy atom. The van der Waals surface area contributed by atoms with Crippen LogP contribution in [0.5, 0.6) is 0 Å². The monoisotopic (exact) mass is 750 g/mol. The largest absolute Gasteiger partial charge is 0.379 e. The molecule has 16 nitrogen and oxygen atoms in total. The summed E-state index contributed by atoms with van der Waals surface area (Å²) in [7, 11) is 1.96. The lowest BCUT2D eigenvalue weighted by molar-refractivity contribution is -0.123. The highest BCUT2D eigenvalue weighted by molar-refractivity contribution is 6.10. The van der Waals surface area contributed by atoms with E-state index in [9.17, 15) is 14.4 Å². The zero-order valence-electron chi connectivity index (χ0n) is 32.9. The van der Waals surface area contributed by atoms with E-state index in [1.54, 1.807) is 11.2 Å². The number of carbonyl (C=O) groups excluding carboxylic acids is 3. The molecule has 0 unspecified atom stereocenters. The third-order valence-corrected chi connectivity index (χ3v) is 8.74. The maximum Gasteiger partial charge on any atom is 0.260 e. The van der Waals surface area contributed by atoms with Crippen molar-refractivity contribution in [3.05, 3.63) is 47.4 Å². The maximum atomic E-state index is 13.8. The summed E-state index contributed by atoms with van der Waals surface area (Å²) in [6.07, 6.45) is 2.23. The van der Waals surface area contributed by atoms with E-state index in [2.05, 4.69) is 60.8 Å². The van der Waals surface area contributed by atoms with E-state index >= 15 is 0 Å². The molecule has 54 heavy (non-hydrogen) atoms. The van der Waals surface area contributed by atoms with Gasteiger partial charge >= 0.3 is 0 Å². The number of aromatic nitrogens is 5. The van der Waals surface area contributed by atoms with Crippen molar-refractivity contribution in [1.82, 2.24) is 40.7 Å². The van der Waals surface area contributed by atoms with E-state index in [-0.39, 0.29) is 42.2 Å². The summed E-state index contributed by atoms with van der Waals surface area (Å²) in [5.41, 5.74) is 2.93. The van der Waals surface area contributed by atoms with Gasteiger partial charge in [0, 0.05) is 64.2 Å². The summed E-state index contributed by atoms with van der Waals surface area (Å²) in [6.45, 7) is 17.6. The first kappa shape index (κ1) is 42.2. The molecule has 0 aliphatic carbocycles. The van der Waals surface area contributed by atoms with Crippen molar-refractivity contribution >= 4 is 29.4 Å². The predicted molar refractivity (Wildman–Crippen MR) is 206 cm³/mol. The minimum atomic E-state index is -0.131. The van der Waals surface area contributed by atoms with Crippen LogP contribution in [0, 0.1) is 5.41 Å². The Morgan fingerprint density at radius 1 is 0.944 bits per heavy atom. The van der Waals surface area contributed by atoms with Crippen LogP contribution in [0.3, 0.4) is 0 Å². The molecule has 0 aromatic carbocycles. The van der Waals surface area contributed by atoms with E-state index in [1.165, 1.54) is 0 Å². The summed E-state index contributed by atoms with van der Waals surface area (Å²) in [5, 5.41) is 17.4. The lowest BCUT2D eigenvalue weighted by atomic mass is 9.97. The average molecular weight is 751 g/mol. The van der Waals surface area contributed by atoms with Crippen LogP contribution in [0.25, 0.3) is 11.5 Å². The van der Waals surface area contributed by atoms with E-state index in [4.69, 9.17) is 24.2 Å². The number of nitrogens with zero attached hydrogens (tertiary/aromatic N) is 7. The second-order valence-corrected chi connectivity index (χ2v) is 14.6. The number of anilines is 2. The molecule has 4 heterocycles. The summed E-state index contributed by atoms with van der Waals surface area (Å²) in [4.78, 5) is 51.5. The molecule has 4 rings (SSSR count). The van der Waals surface area contributed by atoms with E-state index in [0.717, 1.165) is 11.3 Å². The molecule has 1 aliphatic heterocycles. The van der Waals surface area contributed by atoms with Crippen LogP contribution in [0.2, 0.25) is 0 Å². The molecule has 3 aromatic rings. The van der Waals surface area contributed by atoms with Gasteiger partial charge in [-0.2, -0.15) is 0 Å². The highest BCUT2D eigenvalue weighted by Gasteiger charge is 2.33. The molecular weight excluding hydrogens is 692 g/mol. The average Bonchev–Trinajstić information content (AvgIpc) is 3.76. The summed E-state index contributed by atoms with van der Waals surface area (Å²) >= 11 is 0. The van der Waals surface area contributed by atoms with Gasteiger partial charge in [0.1, 0.15) is 23.7 Å². The lowest BCUT2D eigenvalue weighted by Crippen LogP contribution is -2.32. The number of amides is 3. The van der Waals surface area contributed by atoms with Crippen molar-refractivity contribution in [3.63, 3.8) is 0 Å². The number of ether oxygens (including phenoxy) is 3. The van der Waals surface area contributed by atoms with Crippen LogP contribution in [0.1, 0.15) is 76.0 Å². The fraction of sp³-hybridized carbons (Fsp3) is 0.605. The van der Waals surface area contributed by atoms with Crippen LogP contribution in [0.15, 0.2) is 30.6 Å². The Bertz CT molecular complexity index is 1670. The van der Waals surface area contributed by atoms with Crippen LogP contribution in [0.4, 0.5) is 11.6 Å². The Labute approximate surface area is 318 Å². The molecule has 0 radical (unpaired) electrons. The van der Waals surface area contributed by atoms with Gasteiger partial charge in [-0.1, -0.05) is 26.8 Å². The van der Waals surface area contributed by atoms with Crippen LogP contribution < -0.4 is 25.8 Å². The molecular formula is C38H58N10O6. The first-order valence-electron chi connectivity index (χ1n) is 18.8. The number of fused-ring (bicyclic) bond motifs is 1. The fourth-order valence-electron chi connectivity index (χ4n) is 5.42. The molecule has 0 saturated carbocycles. The van der Waals surface area contributed by atoms with Crippen molar-refractivity contribution in [2.75, 3.05) is 76.1 Å². The van der Waals surface area contributed by atoms with Crippen LogP contribution in [-0.4, -0.2) is 115 Å². The predicted octanol–water partition coefficient (Wildman–Crippen LogP) is 2.96. The Hall–Kier alpha value is -4.51. The Kier molecular flexibility index (Phi) is 16.3. The van der Waals surface area contributed by atoms with Crippen molar-refractivity contribution in [2.24, 2.45) is 5.41 Å². The Morgan fingerprint density at radius 3 is 2.26 bits per heavy atom. The third-order valence-electron chi connectivity index (χ3n) is 8.74. The first-order valence-corrected chi connectivity index (χ1v) is 18.8. The number of rotatable bonds is 23. The number of hydrogen-bond donors (Lipinski definition) is 3. The van der Waals surface area contributed by atoms with Gasteiger partial charge in [-0.05, 0) is 44.4 Å². The molecule has 3 aromatic heterocycles. The number of aryl methyl sites for hydroxylation is 1. The quantitative estimate of drug-likeness (QED) is 0.121. The van der Waals surface area contributed by atoms with Crippen molar-refractivity contribution in [1.29, 1.82) is 0 Å². The van der Waals surface area contributed by atoms with Gasteiger partial charge in [0.2, 0.25) is 11.8 Å². The minimum Gasteiger partial charge on any atom is -0.379 e. The van der Waals surface area contributed by atoms with Crippen molar-refractivity contribution in [2.45, 2.75) is 80.1 Å². The maximum absolute atomic E-state index is 13.8. The topological polar surface area (TPSA) is 178 Å². The summed E-state index contributed by atoms with van der Waals surface area (Å²) in [6, 6.07) is 7.60. The molecule has 0 fully saturated rings. The molecule has 3 amide bonds. The smallest absolute Gasteiger partial charge is 0.260 e. The molecule has 1 aliphatic rings. The van der Waals surface area contributed by atoms with Crippen LogP contribution >= 0.6 is 0 Å². The van der Waals surface area contributed by atoms with Crippen LogP contribution in [-0.2, 0) is 43.4 Å². The second kappa shape index (κ2) is 20.8. The second-order valence-electron chi connectivity index (χ2n) is 14.6. The summed E-state index contributed by atoms with van der Waals surface area (Å²) in [5.74, 6) is 1.64. The fourth-order valence-corrected chi connectivity index (χ4v) is 5.42. The molecule has 0 atom stereocenters. The van der Waals surface area contributed by atoms with Gasteiger partial charge in [-0.3, -0.25) is 19.3 Å². The van der Waals surface area contributed by atoms with Gasteiger partial charge in [-0.15, -0.1) is 10.2 Å². The molecule has 296 valence electrons. The molecule has 3 N–H and O–H groups in total. The first-order chi connectivity index (χ1) is 25.9. The minimum absolute atomic E-state index is 0.0193. The molecule has 16 heteroatoms. The zero-order valence-corrected chi connectivity index (χ0v) is 32.9. The van der Waals surface area contributed by atoms with Crippen molar-refractivity contribution < 1.29 is 28.6 Å². The number of carbonyl (C=O) groups is 3. The summed E-state index contributed by atoms with van der Waals surface area (Å²) < 4.78 is 18.4.